The predicted octanol–water partition coefficient (Wildman–Crippen LogP) is 3.34. The Morgan fingerprint density at radius 2 is 2.00 bits per heavy atom. The van der Waals surface area contributed by atoms with Gasteiger partial charge in [0.1, 0.15) is 6.61 Å². The van der Waals surface area contributed by atoms with Crippen molar-refractivity contribution in [1.82, 2.24) is 0 Å². The fourth-order valence-corrected chi connectivity index (χ4v) is 2.11. The Hall–Kier alpha value is -1.05. The van der Waals surface area contributed by atoms with Crippen LogP contribution in [0, 0.1) is 17.3 Å². The molecule has 2 unspecified atom stereocenters. The van der Waals surface area contributed by atoms with E-state index in [0.717, 1.165) is 0 Å². The monoisotopic (exact) mass is 222 g/mol. The van der Waals surface area contributed by atoms with Gasteiger partial charge in [0, 0.05) is 0 Å². The molecule has 0 bridgehead atoms. The average Bonchev–Trinajstić information content (AvgIpc) is 2.67. The third-order valence-electron chi connectivity index (χ3n) is 3.24. The first kappa shape index (κ1) is 13.0. The van der Waals surface area contributed by atoms with E-state index in [1.165, 1.54) is 5.57 Å². The van der Waals surface area contributed by atoms with Crippen molar-refractivity contribution in [2.75, 3.05) is 6.61 Å². The molecule has 0 spiro atoms. The lowest BCUT2D eigenvalue weighted by Crippen LogP contribution is -2.10. The summed E-state index contributed by atoms with van der Waals surface area (Å²) in [6, 6.07) is 0. The highest BCUT2D eigenvalue weighted by atomic mass is 16.5. The van der Waals surface area contributed by atoms with E-state index in [1.54, 1.807) is 0 Å². The highest BCUT2D eigenvalue weighted by Crippen LogP contribution is 2.59. The Bertz CT molecular complexity index is 320. The van der Waals surface area contributed by atoms with Gasteiger partial charge in [0.2, 0.25) is 0 Å². The third-order valence-corrected chi connectivity index (χ3v) is 3.24. The third kappa shape index (κ3) is 2.75. The van der Waals surface area contributed by atoms with Gasteiger partial charge in [0.05, 0.1) is 5.92 Å². The largest absolute Gasteiger partial charge is 0.461 e. The van der Waals surface area contributed by atoms with Crippen LogP contribution in [-0.4, -0.2) is 12.6 Å². The molecular weight excluding hydrogens is 200 g/mol. The molecule has 0 radical (unpaired) electrons. The smallest absolute Gasteiger partial charge is 0.310 e. The molecule has 1 saturated carbocycles. The minimum atomic E-state index is -0.0643. The Kier molecular flexibility index (Phi) is 3.95. The molecule has 2 heteroatoms. The van der Waals surface area contributed by atoms with Crippen molar-refractivity contribution in [3.05, 3.63) is 23.8 Å². The summed E-state index contributed by atoms with van der Waals surface area (Å²) in [5, 5.41) is 0. The zero-order valence-corrected chi connectivity index (χ0v) is 10.9. The van der Waals surface area contributed by atoms with E-state index < -0.39 is 0 Å². The van der Waals surface area contributed by atoms with Crippen LogP contribution in [0.2, 0.25) is 0 Å². The van der Waals surface area contributed by atoms with Crippen molar-refractivity contribution in [3.63, 3.8) is 0 Å². The molecule has 1 aliphatic carbocycles. The standard InChI is InChI=1S/C14H22O2/c1-6-7-8-16-13(15)12-11(9-10(2)3)14(12,4)5/h6-7,9,11-12H,8H2,1-5H3/b7-6+. The van der Waals surface area contributed by atoms with Crippen LogP contribution in [0.5, 0.6) is 0 Å². The Morgan fingerprint density at radius 3 is 2.50 bits per heavy atom. The van der Waals surface area contributed by atoms with E-state index in [0.29, 0.717) is 12.5 Å². The molecule has 1 rings (SSSR count). The lowest BCUT2D eigenvalue weighted by atomic mass is 10.1. The number of rotatable bonds is 4. The lowest BCUT2D eigenvalue weighted by Gasteiger charge is -2.02. The van der Waals surface area contributed by atoms with E-state index in [-0.39, 0.29) is 17.3 Å². The first-order valence-corrected chi connectivity index (χ1v) is 5.84. The van der Waals surface area contributed by atoms with Gasteiger partial charge in [0.25, 0.3) is 0 Å². The topological polar surface area (TPSA) is 26.3 Å². The Balaban J connectivity index is 2.55. The van der Waals surface area contributed by atoms with Crippen molar-refractivity contribution in [2.24, 2.45) is 17.3 Å². The van der Waals surface area contributed by atoms with E-state index in [4.69, 9.17) is 4.74 Å². The molecule has 0 aromatic carbocycles. The average molecular weight is 222 g/mol. The number of carbonyl (C=O) groups is 1. The number of hydrogen-bond acceptors (Lipinski definition) is 2. The molecule has 1 aliphatic rings. The van der Waals surface area contributed by atoms with E-state index in [2.05, 4.69) is 33.8 Å². The van der Waals surface area contributed by atoms with Crippen LogP contribution in [0.3, 0.4) is 0 Å². The lowest BCUT2D eigenvalue weighted by molar-refractivity contribution is -0.144. The van der Waals surface area contributed by atoms with Crippen LogP contribution >= 0.6 is 0 Å². The SMILES string of the molecule is C/C=C/COC(=O)C1C(C=C(C)C)C1(C)C. The molecule has 0 heterocycles. The maximum Gasteiger partial charge on any atom is 0.310 e. The number of ether oxygens (including phenoxy) is 1. The van der Waals surface area contributed by atoms with Crippen LogP contribution in [-0.2, 0) is 9.53 Å². The van der Waals surface area contributed by atoms with Gasteiger partial charge in [-0.2, -0.15) is 0 Å². The van der Waals surface area contributed by atoms with Gasteiger partial charge in [-0.1, -0.05) is 37.6 Å². The molecular formula is C14H22O2. The first-order valence-electron chi connectivity index (χ1n) is 5.84. The van der Waals surface area contributed by atoms with Crippen molar-refractivity contribution >= 4 is 5.97 Å². The van der Waals surface area contributed by atoms with Gasteiger partial charge < -0.3 is 4.74 Å². The van der Waals surface area contributed by atoms with Gasteiger partial charge in [-0.25, -0.2) is 0 Å². The maximum atomic E-state index is 11.8. The first-order chi connectivity index (χ1) is 7.41. The number of hydrogen-bond donors (Lipinski definition) is 0. The fraction of sp³-hybridized carbons (Fsp3) is 0.643. The summed E-state index contributed by atoms with van der Waals surface area (Å²) in [6.45, 7) is 10.7. The second-order valence-electron chi connectivity index (χ2n) is 5.27. The maximum absolute atomic E-state index is 11.8. The molecule has 16 heavy (non-hydrogen) atoms. The van der Waals surface area contributed by atoms with E-state index in [1.807, 2.05) is 19.1 Å². The molecule has 0 saturated heterocycles. The van der Waals surface area contributed by atoms with Crippen molar-refractivity contribution < 1.29 is 9.53 Å². The summed E-state index contributed by atoms with van der Waals surface area (Å²) < 4.78 is 5.20. The van der Waals surface area contributed by atoms with Crippen LogP contribution in [0.4, 0.5) is 0 Å². The van der Waals surface area contributed by atoms with Crippen molar-refractivity contribution in [3.8, 4) is 0 Å². The van der Waals surface area contributed by atoms with Crippen LogP contribution in [0.1, 0.15) is 34.6 Å². The number of allylic oxidation sites excluding steroid dienone is 3. The zero-order valence-electron chi connectivity index (χ0n) is 10.9. The van der Waals surface area contributed by atoms with Gasteiger partial charge in [-0.15, -0.1) is 0 Å². The van der Waals surface area contributed by atoms with Gasteiger partial charge in [-0.05, 0) is 32.1 Å². The normalized spacial score (nSPS) is 26.6. The summed E-state index contributed by atoms with van der Waals surface area (Å²) in [5.41, 5.74) is 1.33. The van der Waals surface area contributed by atoms with Crippen LogP contribution in [0.25, 0.3) is 0 Å². The number of carbonyl (C=O) groups excluding carboxylic acids is 1. The molecule has 1 fully saturated rings. The highest BCUT2D eigenvalue weighted by Gasteiger charge is 2.61. The summed E-state index contributed by atoms with van der Waals surface area (Å²) in [4.78, 5) is 11.8. The summed E-state index contributed by atoms with van der Waals surface area (Å²) in [7, 11) is 0. The number of esters is 1. The second-order valence-corrected chi connectivity index (χ2v) is 5.27. The fourth-order valence-electron chi connectivity index (χ4n) is 2.11. The van der Waals surface area contributed by atoms with Crippen molar-refractivity contribution in [1.29, 1.82) is 0 Å². The molecule has 0 N–H and O–H groups in total. The predicted molar refractivity (Wildman–Crippen MR) is 66.0 cm³/mol. The van der Waals surface area contributed by atoms with Gasteiger partial charge >= 0.3 is 5.97 Å². The van der Waals surface area contributed by atoms with Gasteiger partial charge in [0.15, 0.2) is 0 Å². The summed E-state index contributed by atoms with van der Waals surface area (Å²) >= 11 is 0. The molecule has 90 valence electrons. The van der Waals surface area contributed by atoms with E-state index >= 15 is 0 Å². The minimum absolute atomic E-state index is 0.0349. The summed E-state index contributed by atoms with van der Waals surface area (Å²) in [6.07, 6.45) is 5.92. The van der Waals surface area contributed by atoms with Crippen LogP contribution in [0.15, 0.2) is 23.8 Å². The quantitative estimate of drug-likeness (QED) is 0.538. The molecule has 0 aromatic rings. The Labute approximate surface area is 98.4 Å². The minimum Gasteiger partial charge on any atom is -0.461 e. The van der Waals surface area contributed by atoms with Crippen molar-refractivity contribution in [2.45, 2.75) is 34.6 Å². The summed E-state index contributed by atoms with van der Waals surface area (Å²) in [5.74, 6) is 0.314. The van der Waals surface area contributed by atoms with Crippen LogP contribution < -0.4 is 0 Å². The second kappa shape index (κ2) is 4.86. The molecule has 2 atom stereocenters. The Morgan fingerprint density at radius 1 is 1.38 bits per heavy atom. The van der Waals surface area contributed by atoms with Gasteiger partial charge in [-0.3, -0.25) is 4.79 Å². The molecule has 0 amide bonds. The zero-order chi connectivity index (χ0) is 12.3. The molecule has 0 aromatic heterocycles. The molecule has 0 aliphatic heterocycles. The van der Waals surface area contributed by atoms with E-state index in [9.17, 15) is 4.79 Å². The highest BCUT2D eigenvalue weighted by molar-refractivity contribution is 5.78. The molecule has 2 nitrogen and oxygen atoms in total.